The van der Waals surface area contributed by atoms with Crippen LogP contribution in [0.1, 0.15) is 46.6 Å². The molecule has 5 nitrogen and oxygen atoms in total. The van der Waals surface area contributed by atoms with Gasteiger partial charge in [0.1, 0.15) is 5.00 Å². The number of esters is 1. The van der Waals surface area contributed by atoms with E-state index in [1.54, 1.807) is 13.0 Å². The molecule has 150 valence electrons. The van der Waals surface area contributed by atoms with Crippen LogP contribution in [0, 0.1) is 12.8 Å². The number of carbonyl (C=O) groups excluding carboxylic acids is 2. The summed E-state index contributed by atoms with van der Waals surface area (Å²) in [6.45, 7) is 6.34. The zero-order valence-electron chi connectivity index (χ0n) is 16.4. The molecule has 1 aromatic heterocycles. The second-order valence-electron chi connectivity index (χ2n) is 7.14. The number of benzene rings is 1. The molecule has 0 saturated carbocycles. The minimum atomic E-state index is -0.355. The third kappa shape index (κ3) is 4.67. The lowest BCUT2D eigenvalue weighted by molar-refractivity contribution is -0.114. The van der Waals surface area contributed by atoms with Crippen molar-refractivity contribution in [2.75, 3.05) is 23.8 Å². The van der Waals surface area contributed by atoms with Crippen LogP contribution >= 0.6 is 22.9 Å². The van der Waals surface area contributed by atoms with Gasteiger partial charge in [0.15, 0.2) is 0 Å². The third-order valence-corrected chi connectivity index (χ3v) is 6.28. The molecule has 0 saturated heterocycles. The molecule has 0 spiro atoms. The van der Waals surface area contributed by atoms with Gasteiger partial charge < -0.3 is 15.4 Å². The van der Waals surface area contributed by atoms with E-state index in [4.69, 9.17) is 16.3 Å². The Morgan fingerprint density at radius 2 is 2.14 bits per heavy atom. The first-order chi connectivity index (χ1) is 13.4. The highest BCUT2D eigenvalue weighted by Crippen LogP contribution is 2.40. The normalized spacial score (nSPS) is 15.6. The summed E-state index contributed by atoms with van der Waals surface area (Å²) in [5.74, 6) is 0.0252. The number of ether oxygens (including phenoxy) is 1. The van der Waals surface area contributed by atoms with E-state index in [9.17, 15) is 9.59 Å². The molecule has 2 N–H and O–H groups in total. The average molecular weight is 421 g/mol. The highest BCUT2D eigenvalue weighted by Gasteiger charge is 2.29. The number of halogens is 1. The molecule has 1 aliphatic rings. The summed E-state index contributed by atoms with van der Waals surface area (Å²) in [7, 11) is 0. The van der Waals surface area contributed by atoms with Gasteiger partial charge in [-0.3, -0.25) is 4.79 Å². The van der Waals surface area contributed by atoms with Gasteiger partial charge in [-0.2, -0.15) is 0 Å². The summed E-state index contributed by atoms with van der Waals surface area (Å²) in [6, 6.07) is 5.47. The highest BCUT2D eigenvalue weighted by atomic mass is 35.5. The number of thiophene rings is 1. The van der Waals surface area contributed by atoms with E-state index in [1.165, 1.54) is 16.2 Å². The van der Waals surface area contributed by atoms with Crippen molar-refractivity contribution in [2.24, 2.45) is 5.92 Å². The minimum absolute atomic E-state index is 0.101. The zero-order valence-corrected chi connectivity index (χ0v) is 17.9. The number of hydrogen-bond acceptors (Lipinski definition) is 5. The van der Waals surface area contributed by atoms with Crippen LogP contribution in [0.5, 0.6) is 0 Å². The molecular weight excluding hydrogens is 396 g/mol. The standard InChI is InChI=1S/C21H25ClN2O3S/c1-4-27-21(26)19-15-7-5-12(2)9-17(15)28-20(19)24-18(25)11-23-16-8-6-14(22)10-13(16)3/h6,8,10,12,23H,4-5,7,9,11H2,1-3H3,(H,24,25). The molecule has 0 aliphatic heterocycles. The number of amides is 1. The lowest BCUT2D eigenvalue weighted by Gasteiger charge is -2.18. The monoisotopic (exact) mass is 420 g/mol. The maximum atomic E-state index is 12.5. The van der Waals surface area contributed by atoms with Gasteiger partial charge >= 0.3 is 5.97 Å². The number of hydrogen-bond donors (Lipinski definition) is 2. The van der Waals surface area contributed by atoms with E-state index in [0.717, 1.165) is 36.1 Å². The van der Waals surface area contributed by atoms with Gasteiger partial charge in [-0.25, -0.2) is 4.79 Å². The molecule has 0 radical (unpaired) electrons. The number of rotatable bonds is 6. The quantitative estimate of drug-likeness (QED) is 0.641. The molecule has 28 heavy (non-hydrogen) atoms. The van der Waals surface area contributed by atoms with E-state index in [0.29, 0.717) is 28.1 Å². The molecule has 1 heterocycles. The maximum Gasteiger partial charge on any atom is 0.341 e. The SMILES string of the molecule is CCOC(=O)c1c(NC(=O)CNc2ccc(Cl)cc2C)sc2c1CCC(C)C2. The van der Waals surface area contributed by atoms with Crippen LogP contribution in [-0.4, -0.2) is 25.0 Å². The van der Waals surface area contributed by atoms with Crippen molar-refractivity contribution < 1.29 is 14.3 Å². The second kappa shape index (κ2) is 8.97. The number of carbonyl (C=O) groups is 2. The van der Waals surface area contributed by atoms with Crippen LogP contribution in [0.3, 0.4) is 0 Å². The Morgan fingerprint density at radius 3 is 2.86 bits per heavy atom. The average Bonchev–Trinajstić information content (AvgIpc) is 2.97. The van der Waals surface area contributed by atoms with Crippen molar-refractivity contribution in [2.45, 2.75) is 40.0 Å². The largest absolute Gasteiger partial charge is 0.462 e. The number of nitrogens with one attached hydrogen (secondary N) is 2. The Kier molecular flexibility index (Phi) is 6.62. The minimum Gasteiger partial charge on any atom is -0.462 e. The van der Waals surface area contributed by atoms with Gasteiger partial charge in [0.25, 0.3) is 0 Å². The molecule has 2 aromatic rings. The van der Waals surface area contributed by atoms with E-state index in [1.807, 2.05) is 19.1 Å². The zero-order chi connectivity index (χ0) is 20.3. The van der Waals surface area contributed by atoms with Crippen molar-refractivity contribution in [1.29, 1.82) is 0 Å². The first-order valence-electron chi connectivity index (χ1n) is 9.50. The van der Waals surface area contributed by atoms with Crippen LogP contribution in [0.4, 0.5) is 10.7 Å². The van der Waals surface area contributed by atoms with Crippen molar-refractivity contribution in [3.05, 3.63) is 44.8 Å². The first-order valence-corrected chi connectivity index (χ1v) is 10.7. The van der Waals surface area contributed by atoms with Gasteiger partial charge in [0.05, 0.1) is 18.7 Å². The number of aryl methyl sites for hydroxylation is 1. The van der Waals surface area contributed by atoms with Gasteiger partial charge in [0.2, 0.25) is 5.91 Å². The van der Waals surface area contributed by atoms with Gasteiger partial charge in [-0.05, 0) is 68.4 Å². The summed E-state index contributed by atoms with van der Waals surface area (Å²) in [5, 5.41) is 7.29. The Hall–Kier alpha value is -2.05. The second-order valence-corrected chi connectivity index (χ2v) is 8.68. The molecule has 3 rings (SSSR count). The lowest BCUT2D eigenvalue weighted by atomic mass is 9.88. The van der Waals surface area contributed by atoms with Crippen LogP contribution in [0.2, 0.25) is 5.02 Å². The molecule has 0 bridgehead atoms. The van der Waals surface area contributed by atoms with E-state index >= 15 is 0 Å². The molecule has 1 aromatic carbocycles. The highest BCUT2D eigenvalue weighted by molar-refractivity contribution is 7.17. The van der Waals surface area contributed by atoms with E-state index < -0.39 is 0 Å². The molecule has 0 fully saturated rings. The Balaban J connectivity index is 1.75. The third-order valence-electron chi connectivity index (χ3n) is 4.87. The van der Waals surface area contributed by atoms with Crippen molar-refractivity contribution in [3.8, 4) is 0 Å². The summed E-state index contributed by atoms with van der Waals surface area (Å²) in [4.78, 5) is 26.2. The predicted octanol–water partition coefficient (Wildman–Crippen LogP) is 5.06. The summed E-state index contributed by atoms with van der Waals surface area (Å²) >= 11 is 7.47. The Labute approximate surface area is 174 Å². The first kappa shape index (κ1) is 20.7. The lowest BCUT2D eigenvalue weighted by Crippen LogP contribution is -2.23. The van der Waals surface area contributed by atoms with Crippen LogP contribution in [0.25, 0.3) is 0 Å². The van der Waals surface area contributed by atoms with Crippen molar-refractivity contribution in [1.82, 2.24) is 0 Å². The molecule has 7 heteroatoms. The van der Waals surface area contributed by atoms with E-state index in [2.05, 4.69) is 17.6 Å². The number of anilines is 2. The van der Waals surface area contributed by atoms with E-state index in [-0.39, 0.29) is 18.4 Å². The van der Waals surface area contributed by atoms with Crippen LogP contribution in [0.15, 0.2) is 18.2 Å². The fraction of sp³-hybridized carbons (Fsp3) is 0.429. The van der Waals surface area contributed by atoms with Gasteiger partial charge in [-0.1, -0.05) is 18.5 Å². The van der Waals surface area contributed by atoms with Gasteiger partial charge in [-0.15, -0.1) is 11.3 Å². The molecule has 1 amide bonds. The fourth-order valence-electron chi connectivity index (χ4n) is 3.43. The molecule has 1 aliphatic carbocycles. The molecule has 1 unspecified atom stereocenters. The molecular formula is C21H25ClN2O3S. The van der Waals surface area contributed by atoms with Crippen molar-refractivity contribution in [3.63, 3.8) is 0 Å². The van der Waals surface area contributed by atoms with Crippen molar-refractivity contribution >= 4 is 45.5 Å². The molecule has 1 atom stereocenters. The maximum absolute atomic E-state index is 12.5. The fourth-order valence-corrected chi connectivity index (χ4v) is 5.07. The van der Waals surface area contributed by atoms with Crippen LogP contribution in [-0.2, 0) is 22.4 Å². The van der Waals surface area contributed by atoms with Crippen LogP contribution < -0.4 is 10.6 Å². The van der Waals surface area contributed by atoms with Gasteiger partial charge in [0, 0.05) is 15.6 Å². The summed E-state index contributed by atoms with van der Waals surface area (Å²) in [6.07, 6.45) is 2.82. The summed E-state index contributed by atoms with van der Waals surface area (Å²) < 4.78 is 5.25. The topological polar surface area (TPSA) is 67.4 Å². The Morgan fingerprint density at radius 1 is 1.36 bits per heavy atom. The summed E-state index contributed by atoms with van der Waals surface area (Å²) in [5.41, 5.74) is 3.39. The predicted molar refractivity (Wildman–Crippen MR) is 115 cm³/mol. The smallest absolute Gasteiger partial charge is 0.341 e. The Bertz CT molecular complexity index is 894. The number of fused-ring (bicyclic) bond motifs is 1.